The Balaban J connectivity index is 2.11. The van der Waals surface area contributed by atoms with Crippen molar-refractivity contribution in [3.05, 3.63) is 65.8 Å². The lowest BCUT2D eigenvalue weighted by Crippen LogP contribution is -2.38. The molecular weight excluding hydrogens is 384 g/mol. The summed E-state index contributed by atoms with van der Waals surface area (Å²) in [5.74, 6) is -2.05. The monoisotopic (exact) mass is 396 g/mol. The summed E-state index contributed by atoms with van der Waals surface area (Å²) in [5, 5.41) is 13.3. The molecule has 0 aliphatic carbocycles. The number of esters is 1. The third kappa shape index (κ3) is 4.39. The van der Waals surface area contributed by atoms with E-state index in [0.717, 1.165) is 27.3 Å². The second kappa shape index (κ2) is 7.83. The van der Waals surface area contributed by atoms with Crippen LogP contribution >= 0.6 is 11.6 Å². The molecule has 1 aromatic heterocycles. The number of nitro groups is 1. The van der Waals surface area contributed by atoms with Gasteiger partial charge in [-0.2, -0.15) is 0 Å². The van der Waals surface area contributed by atoms with Crippen LogP contribution < -0.4 is 16.6 Å². The standard InChI is InChI=1S/C15H13ClN4O7/c1-18-11(6-13(22)19(2)15(18)24)17-12(21)7-27-14(23)9-4-3-8(16)5-10(9)20(25)26/h3-6H,7H2,1-2H3,(H,17,21). The fourth-order valence-corrected chi connectivity index (χ4v) is 2.24. The lowest BCUT2D eigenvalue weighted by Gasteiger charge is -2.11. The highest BCUT2D eigenvalue weighted by Crippen LogP contribution is 2.23. The lowest BCUT2D eigenvalue weighted by atomic mass is 10.2. The van der Waals surface area contributed by atoms with Gasteiger partial charge in [-0.05, 0) is 12.1 Å². The molecule has 0 aliphatic heterocycles. The highest BCUT2D eigenvalue weighted by molar-refractivity contribution is 6.31. The highest BCUT2D eigenvalue weighted by Gasteiger charge is 2.22. The first kappa shape index (κ1) is 19.8. The number of carbonyl (C=O) groups is 2. The summed E-state index contributed by atoms with van der Waals surface area (Å²) in [4.78, 5) is 57.5. The number of benzene rings is 1. The Labute approximate surface area is 155 Å². The topological polar surface area (TPSA) is 143 Å². The molecule has 1 N–H and O–H groups in total. The van der Waals surface area contributed by atoms with Crippen molar-refractivity contribution in [2.24, 2.45) is 14.1 Å². The number of hydrogen-bond acceptors (Lipinski definition) is 7. The van der Waals surface area contributed by atoms with Gasteiger partial charge in [-0.15, -0.1) is 0 Å². The van der Waals surface area contributed by atoms with Gasteiger partial charge in [0, 0.05) is 31.3 Å². The number of halogens is 1. The minimum Gasteiger partial charge on any atom is -0.452 e. The minimum atomic E-state index is -1.11. The van der Waals surface area contributed by atoms with Crippen LogP contribution in [0, 0.1) is 10.1 Å². The lowest BCUT2D eigenvalue weighted by molar-refractivity contribution is -0.385. The first-order valence-corrected chi connectivity index (χ1v) is 7.67. The third-order valence-electron chi connectivity index (χ3n) is 3.50. The van der Waals surface area contributed by atoms with Gasteiger partial charge in [0.15, 0.2) is 6.61 Å². The Morgan fingerprint density at radius 2 is 1.89 bits per heavy atom. The predicted octanol–water partition coefficient (Wildman–Crippen LogP) is 0.441. The second-order valence-corrected chi connectivity index (χ2v) is 5.75. The van der Waals surface area contributed by atoms with Crippen LogP contribution in [0.2, 0.25) is 5.02 Å². The summed E-state index contributed by atoms with van der Waals surface area (Å²) in [6, 6.07) is 4.37. The Morgan fingerprint density at radius 3 is 2.52 bits per heavy atom. The first-order valence-electron chi connectivity index (χ1n) is 7.29. The zero-order valence-electron chi connectivity index (χ0n) is 14.1. The summed E-state index contributed by atoms with van der Waals surface area (Å²) in [6.45, 7) is -0.790. The quantitative estimate of drug-likeness (QED) is 0.438. The maximum Gasteiger partial charge on any atom is 0.345 e. The van der Waals surface area contributed by atoms with Crippen LogP contribution in [0.25, 0.3) is 0 Å². The zero-order valence-corrected chi connectivity index (χ0v) is 14.8. The van der Waals surface area contributed by atoms with Crippen LogP contribution in [-0.4, -0.2) is 32.5 Å². The van der Waals surface area contributed by atoms with E-state index in [1.54, 1.807) is 0 Å². The molecule has 27 heavy (non-hydrogen) atoms. The van der Waals surface area contributed by atoms with E-state index in [4.69, 9.17) is 16.3 Å². The van der Waals surface area contributed by atoms with E-state index in [1.165, 1.54) is 20.2 Å². The summed E-state index contributed by atoms with van der Waals surface area (Å²) >= 11 is 5.66. The Bertz CT molecular complexity index is 1060. The van der Waals surface area contributed by atoms with Crippen molar-refractivity contribution in [1.29, 1.82) is 0 Å². The summed E-state index contributed by atoms with van der Waals surface area (Å²) in [6.07, 6.45) is 0. The van der Waals surface area contributed by atoms with E-state index >= 15 is 0 Å². The largest absolute Gasteiger partial charge is 0.452 e. The van der Waals surface area contributed by atoms with Crippen molar-refractivity contribution in [3.8, 4) is 0 Å². The number of ether oxygens (including phenoxy) is 1. The van der Waals surface area contributed by atoms with Crippen molar-refractivity contribution in [2.75, 3.05) is 11.9 Å². The number of hydrogen-bond donors (Lipinski definition) is 1. The van der Waals surface area contributed by atoms with E-state index in [9.17, 15) is 29.3 Å². The molecule has 11 nitrogen and oxygen atoms in total. The summed E-state index contributed by atoms with van der Waals surface area (Å²) in [7, 11) is 2.61. The molecule has 2 aromatic rings. The molecule has 0 fully saturated rings. The molecule has 1 heterocycles. The van der Waals surface area contributed by atoms with Crippen LogP contribution in [0.15, 0.2) is 33.9 Å². The molecule has 0 bridgehead atoms. The number of nitrogens with zero attached hydrogens (tertiary/aromatic N) is 3. The highest BCUT2D eigenvalue weighted by atomic mass is 35.5. The number of aromatic nitrogens is 2. The van der Waals surface area contributed by atoms with Crippen molar-refractivity contribution >= 4 is 35.0 Å². The molecular formula is C15H13ClN4O7. The normalized spacial score (nSPS) is 10.3. The van der Waals surface area contributed by atoms with Crippen molar-refractivity contribution in [3.63, 3.8) is 0 Å². The molecule has 1 aromatic carbocycles. The first-order chi connectivity index (χ1) is 12.6. The van der Waals surface area contributed by atoms with Gasteiger partial charge in [0.05, 0.1) is 4.92 Å². The molecule has 0 spiro atoms. The summed E-state index contributed by atoms with van der Waals surface area (Å²) in [5.41, 5.74) is -2.24. The van der Waals surface area contributed by atoms with Crippen LogP contribution in [0.1, 0.15) is 10.4 Å². The van der Waals surface area contributed by atoms with Gasteiger partial charge in [-0.25, -0.2) is 9.59 Å². The van der Waals surface area contributed by atoms with Gasteiger partial charge in [-0.1, -0.05) is 11.6 Å². The molecule has 0 unspecified atom stereocenters. The molecule has 0 saturated carbocycles. The van der Waals surface area contributed by atoms with Gasteiger partial charge < -0.3 is 10.1 Å². The molecule has 12 heteroatoms. The fraction of sp³-hybridized carbons (Fsp3) is 0.200. The number of nitrogens with one attached hydrogen (secondary N) is 1. The average molecular weight is 397 g/mol. The van der Waals surface area contributed by atoms with Crippen molar-refractivity contribution in [1.82, 2.24) is 9.13 Å². The van der Waals surface area contributed by atoms with E-state index in [0.29, 0.717) is 0 Å². The summed E-state index contributed by atoms with van der Waals surface area (Å²) < 4.78 is 6.61. The van der Waals surface area contributed by atoms with Gasteiger partial charge in [-0.3, -0.25) is 28.8 Å². The second-order valence-electron chi connectivity index (χ2n) is 5.31. The number of amides is 1. The fourth-order valence-electron chi connectivity index (χ4n) is 2.07. The smallest absolute Gasteiger partial charge is 0.345 e. The van der Waals surface area contributed by atoms with Crippen LogP contribution in [0.4, 0.5) is 11.5 Å². The maximum absolute atomic E-state index is 12.0. The van der Waals surface area contributed by atoms with Gasteiger partial charge in [0.25, 0.3) is 17.2 Å². The number of anilines is 1. The Morgan fingerprint density at radius 1 is 1.22 bits per heavy atom. The van der Waals surface area contributed by atoms with Crippen LogP contribution in [0.3, 0.4) is 0 Å². The predicted molar refractivity (Wildman–Crippen MR) is 93.9 cm³/mol. The number of carbonyl (C=O) groups excluding carboxylic acids is 2. The number of rotatable bonds is 5. The minimum absolute atomic E-state index is 0.0579. The molecule has 0 radical (unpaired) electrons. The zero-order chi connectivity index (χ0) is 20.3. The van der Waals surface area contributed by atoms with Crippen molar-refractivity contribution < 1.29 is 19.2 Å². The molecule has 0 atom stereocenters. The average Bonchev–Trinajstić information content (AvgIpc) is 2.62. The Hall–Kier alpha value is -3.47. The maximum atomic E-state index is 12.0. The molecule has 1 amide bonds. The van der Waals surface area contributed by atoms with Gasteiger partial charge in [0.1, 0.15) is 11.4 Å². The van der Waals surface area contributed by atoms with E-state index in [1.807, 2.05) is 0 Å². The van der Waals surface area contributed by atoms with Gasteiger partial charge >= 0.3 is 11.7 Å². The third-order valence-corrected chi connectivity index (χ3v) is 3.74. The van der Waals surface area contributed by atoms with Crippen LogP contribution in [0.5, 0.6) is 0 Å². The molecule has 142 valence electrons. The SMILES string of the molecule is Cn1c(NC(=O)COC(=O)c2ccc(Cl)cc2[N+](=O)[O-])cc(=O)n(C)c1=O. The van der Waals surface area contributed by atoms with Crippen LogP contribution in [-0.2, 0) is 23.6 Å². The van der Waals surface area contributed by atoms with Crippen molar-refractivity contribution in [2.45, 2.75) is 0 Å². The molecule has 2 rings (SSSR count). The Kier molecular flexibility index (Phi) is 5.75. The molecule has 0 saturated heterocycles. The van der Waals surface area contributed by atoms with Gasteiger partial charge in [0.2, 0.25) is 0 Å². The van der Waals surface area contributed by atoms with E-state index in [2.05, 4.69) is 5.32 Å². The van der Waals surface area contributed by atoms with E-state index in [-0.39, 0.29) is 16.4 Å². The molecule has 0 aliphatic rings. The van der Waals surface area contributed by atoms with E-state index < -0.39 is 40.3 Å². The number of nitro benzene ring substituents is 1.